The Labute approximate surface area is 177 Å². The Morgan fingerprint density at radius 1 is 0.586 bits per heavy atom. The highest BCUT2D eigenvalue weighted by Gasteiger charge is 2.26. The molecule has 142 valence electrons. The number of rotatable bonds is 6. The standard InChI is InChI=1S/C26H21OPS/c27-26(23-18-16-22(17-19-23)21-10-4-1-5-11-21)20-28(29,24-12-6-2-7-13-24)25-14-8-3-9-15-25/h1-19H,20H2. The number of Topliss-reactive ketones (excluding diaryl/α,β-unsaturated/α-hetero) is 1. The highest BCUT2D eigenvalue weighted by atomic mass is 32.4. The van der Waals surface area contributed by atoms with Crippen LogP contribution in [0.15, 0.2) is 115 Å². The number of ketones is 1. The molecular formula is C26H21OPS. The summed E-state index contributed by atoms with van der Waals surface area (Å²) in [6.07, 6.45) is 0.348. The van der Waals surface area contributed by atoms with E-state index < -0.39 is 6.04 Å². The maximum absolute atomic E-state index is 13.2. The van der Waals surface area contributed by atoms with Crippen molar-refractivity contribution >= 4 is 34.2 Å². The Bertz CT molecular complexity index is 1090. The molecule has 4 aromatic rings. The molecule has 0 unspecified atom stereocenters. The topological polar surface area (TPSA) is 17.1 Å². The molecule has 29 heavy (non-hydrogen) atoms. The van der Waals surface area contributed by atoms with Gasteiger partial charge in [0.2, 0.25) is 0 Å². The predicted octanol–water partition coefficient (Wildman–Crippen LogP) is 5.67. The van der Waals surface area contributed by atoms with Gasteiger partial charge in [-0.3, -0.25) is 4.79 Å². The molecule has 0 atom stereocenters. The summed E-state index contributed by atoms with van der Waals surface area (Å²) in [7, 11) is 0. The fraction of sp³-hybridized carbons (Fsp3) is 0.0385. The van der Waals surface area contributed by atoms with E-state index in [9.17, 15) is 4.79 Å². The average Bonchev–Trinajstić information content (AvgIpc) is 2.81. The molecule has 0 spiro atoms. The lowest BCUT2D eigenvalue weighted by atomic mass is 10.0. The first-order valence-corrected chi connectivity index (χ1v) is 12.5. The first-order valence-electron chi connectivity index (χ1n) is 9.56. The summed E-state index contributed by atoms with van der Waals surface area (Å²) in [5.41, 5.74) is 2.96. The Kier molecular flexibility index (Phi) is 5.85. The molecule has 0 aliphatic rings. The first kappa shape index (κ1) is 19.5. The van der Waals surface area contributed by atoms with Crippen LogP contribution in [-0.2, 0) is 11.8 Å². The molecule has 0 aromatic heterocycles. The maximum atomic E-state index is 13.2. The second-order valence-corrected chi connectivity index (χ2v) is 11.6. The van der Waals surface area contributed by atoms with Crippen LogP contribution in [0.25, 0.3) is 11.1 Å². The van der Waals surface area contributed by atoms with E-state index in [1.807, 2.05) is 78.9 Å². The number of hydrogen-bond donors (Lipinski definition) is 0. The van der Waals surface area contributed by atoms with Gasteiger partial charge in [-0.15, -0.1) is 0 Å². The average molecular weight is 412 g/mol. The second-order valence-electron chi connectivity index (χ2n) is 6.94. The zero-order chi connectivity index (χ0) is 20.1. The van der Waals surface area contributed by atoms with E-state index in [-0.39, 0.29) is 5.78 Å². The fourth-order valence-electron chi connectivity index (χ4n) is 3.44. The summed E-state index contributed by atoms with van der Waals surface area (Å²) >= 11 is 6.20. The highest BCUT2D eigenvalue weighted by molar-refractivity contribution is 8.22. The lowest BCUT2D eigenvalue weighted by molar-refractivity contribution is 0.102. The molecule has 0 saturated heterocycles. The molecule has 0 bridgehead atoms. The van der Waals surface area contributed by atoms with Crippen molar-refractivity contribution in [3.8, 4) is 11.1 Å². The van der Waals surface area contributed by atoms with Crippen LogP contribution in [0.3, 0.4) is 0 Å². The van der Waals surface area contributed by atoms with Crippen molar-refractivity contribution < 1.29 is 4.79 Å². The van der Waals surface area contributed by atoms with Crippen LogP contribution in [0, 0.1) is 0 Å². The van der Waals surface area contributed by atoms with Crippen molar-refractivity contribution in [2.24, 2.45) is 0 Å². The van der Waals surface area contributed by atoms with Gasteiger partial charge in [0, 0.05) is 17.8 Å². The monoisotopic (exact) mass is 412 g/mol. The van der Waals surface area contributed by atoms with E-state index in [4.69, 9.17) is 11.8 Å². The summed E-state index contributed by atoms with van der Waals surface area (Å²) in [6.45, 7) is 0. The number of benzene rings is 4. The van der Waals surface area contributed by atoms with Gasteiger partial charge in [-0.1, -0.05) is 127 Å². The van der Waals surface area contributed by atoms with E-state index in [0.717, 1.165) is 21.7 Å². The van der Waals surface area contributed by atoms with Crippen molar-refractivity contribution in [3.63, 3.8) is 0 Å². The second kappa shape index (κ2) is 8.69. The first-order chi connectivity index (χ1) is 14.2. The van der Waals surface area contributed by atoms with Gasteiger partial charge in [-0.2, -0.15) is 0 Å². The number of hydrogen-bond acceptors (Lipinski definition) is 2. The van der Waals surface area contributed by atoms with Crippen molar-refractivity contribution in [1.82, 2.24) is 0 Å². The van der Waals surface area contributed by atoms with Gasteiger partial charge in [0.05, 0.1) is 0 Å². The molecule has 0 aliphatic carbocycles. The normalized spacial score (nSPS) is 11.2. The quantitative estimate of drug-likeness (QED) is 0.300. The van der Waals surface area contributed by atoms with E-state index in [2.05, 4.69) is 36.4 Å². The maximum Gasteiger partial charge on any atom is 0.168 e. The minimum absolute atomic E-state index is 0.0978. The van der Waals surface area contributed by atoms with Gasteiger partial charge in [-0.05, 0) is 21.7 Å². The van der Waals surface area contributed by atoms with E-state index >= 15 is 0 Å². The molecule has 1 nitrogen and oxygen atoms in total. The van der Waals surface area contributed by atoms with Crippen molar-refractivity contribution in [1.29, 1.82) is 0 Å². The van der Waals surface area contributed by atoms with Gasteiger partial charge in [0.25, 0.3) is 0 Å². The third kappa shape index (κ3) is 4.29. The zero-order valence-electron chi connectivity index (χ0n) is 15.9. The van der Waals surface area contributed by atoms with E-state index in [1.165, 1.54) is 0 Å². The molecular weight excluding hydrogens is 391 g/mol. The molecule has 4 aromatic carbocycles. The van der Waals surface area contributed by atoms with Gasteiger partial charge >= 0.3 is 0 Å². The SMILES string of the molecule is O=C(CP(=S)(c1ccccc1)c1ccccc1)c1ccc(-c2ccccc2)cc1. The van der Waals surface area contributed by atoms with Crippen molar-refractivity contribution in [3.05, 3.63) is 121 Å². The molecule has 3 heteroatoms. The summed E-state index contributed by atoms with van der Waals surface area (Å²) < 4.78 is 0. The largest absolute Gasteiger partial charge is 0.294 e. The van der Waals surface area contributed by atoms with Gasteiger partial charge in [0.1, 0.15) is 0 Å². The third-order valence-corrected chi connectivity index (χ3v) is 9.68. The van der Waals surface area contributed by atoms with Gasteiger partial charge in [-0.25, -0.2) is 0 Å². The zero-order valence-corrected chi connectivity index (χ0v) is 17.7. The van der Waals surface area contributed by atoms with Crippen molar-refractivity contribution in [2.75, 3.05) is 6.16 Å². The lowest BCUT2D eigenvalue weighted by Gasteiger charge is -2.22. The molecule has 0 aliphatic heterocycles. The molecule has 0 saturated carbocycles. The van der Waals surface area contributed by atoms with Crippen LogP contribution < -0.4 is 10.6 Å². The van der Waals surface area contributed by atoms with Gasteiger partial charge in [0.15, 0.2) is 5.78 Å². The van der Waals surface area contributed by atoms with Crippen LogP contribution in [0.2, 0.25) is 0 Å². The number of carbonyl (C=O) groups excluding carboxylic acids is 1. The lowest BCUT2D eigenvalue weighted by Crippen LogP contribution is -2.22. The predicted molar refractivity (Wildman–Crippen MR) is 128 cm³/mol. The summed E-state index contributed by atoms with van der Waals surface area (Å²) in [4.78, 5) is 13.2. The van der Waals surface area contributed by atoms with Gasteiger partial charge < -0.3 is 0 Å². The van der Waals surface area contributed by atoms with E-state index in [0.29, 0.717) is 11.7 Å². The van der Waals surface area contributed by atoms with Crippen LogP contribution >= 0.6 is 6.04 Å². The molecule has 0 heterocycles. The highest BCUT2D eigenvalue weighted by Crippen LogP contribution is 2.44. The summed E-state index contributed by atoms with van der Waals surface area (Å²) in [6, 6.07) is 36.0. The number of carbonyl (C=O) groups is 1. The molecule has 4 rings (SSSR count). The molecule has 0 amide bonds. The van der Waals surface area contributed by atoms with Crippen LogP contribution in [0.5, 0.6) is 0 Å². The minimum Gasteiger partial charge on any atom is -0.294 e. The Morgan fingerprint density at radius 2 is 1.00 bits per heavy atom. The van der Waals surface area contributed by atoms with Crippen LogP contribution in [0.1, 0.15) is 10.4 Å². The Hall–Kier alpha value is -2.80. The fourth-order valence-corrected chi connectivity index (χ4v) is 7.08. The van der Waals surface area contributed by atoms with Crippen LogP contribution in [-0.4, -0.2) is 11.9 Å². The molecule has 0 N–H and O–H groups in total. The van der Waals surface area contributed by atoms with E-state index in [1.54, 1.807) is 0 Å². The third-order valence-electron chi connectivity index (χ3n) is 5.03. The summed E-state index contributed by atoms with van der Waals surface area (Å²) in [5.74, 6) is 0.0978. The minimum atomic E-state index is -2.23. The summed E-state index contributed by atoms with van der Waals surface area (Å²) in [5, 5.41) is 2.16. The Morgan fingerprint density at radius 3 is 1.48 bits per heavy atom. The van der Waals surface area contributed by atoms with Crippen LogP contribution in [0.4, 0.5) is 0 Å². The molecule has 0 radical (unpaired) electrons. The van der Waals surface area contributed by atoms with Crippen molar-refractivity contribution in [2.45, 2.75) is 0 Å². The Balaban J connectivity index is 1.65. The molecule has 0 fully saturated rings. The smallest absolute Gasteiger partial charge is 0.168 e.